The second kappa shape index (κ2) is 8.41. The van der Waals surface area contributed by atoms with Crippen molar-refractivity contribution in [2.45, 2.75) is 19.8 Å². The van der Waals surface area contributed by atoms with Crippen LogP contribution in [0.5, 0.6) is 0 Å². The summed E-state index contributed by atoms with van der Waals surface area (Å²) in [7, 11) is 1.75. The molecule has 6 heteroatoms. The normalized spacial score (nSPS) is 10.1. The number of hydrogen-bond donors (Lipinski definition) is 2. The topological polar surface area (TPSA) is 76.1 Å². The number of nitrogens with zero attached hydrogens (tertiary/aromatic N) is 2. The first kappa shape index (κ1) is 14.4. The summed E-state index contributed by atoms with van der Waals surface area (Å²) in [6, 6.07) is 0. The summed E-state index contributed by atoms with van der Waals surface area (Å²) in [4.78, 5) is 19.7. The first-order chi connectivity index (χ1) is 8.77. The molecule has 1 aromatic heterocycles. The van der Waals surface area contributed by atoms with Gasteiger partial charge in [-0.25, -0.2) is 9.97 Å². The Bertz CT molecular complexity index is 354. The highest BCUT2D eigenvalue weighted by atomic mass is 16.5. The lowest BCUT2D eigenvalue weighted by molar-refractivity contribution is 0.0936. The standard InChI is InChI=1S/C12H20N4O2/c1-3-6-18-7-4-5-14-12(17)10-8-16-11(13-2)9-15-10/h8-9H,3-7H2,1-2H3,(H,13,16)(H,14,17). The predicted octanol–water partition coefficient (Wildman–Crippen LogP) is 1.06. The molecular formula is C12H20N4O2. The van der Waals surface area contributed by atoms with Gasteiger partial charge in [0.2, 0.25) is 0 Å². The van der Waals surface area contributed by atoms with E-state index in [9.17, 15) is 4.79 Å². The predicted molar refractivity (Wildman–Crippen MR) is 69.6 cm³/mol. The Hall–Kier alpha value is -1.69. The van der Waals surface area contributed by atoms with E-state index >= 15 is 0 Å². The van der Waals surface area contributed by atoms with E-state index in [4.69, 9.17) is 4.74 Å². The minimum absolute atomic E-state index is 0.208. The molecule has 1 rings (SSSR count). The van der Waals surface area contributed by atoms with E-state index in [0.29, 0.717) is 24.7 Å². The molecular weight excluding hydrogens is 232 g/mol. The SMILES string of the molecule is CCCOCCCNC(=O)c1cnc(NC)cn1. The van der Waals surface area contributed by atoms with Crippen LogP contribution in [-0.2, 0) is 4.74 Å². The zero-order valence-electron chi connectivity index (χ0n) is 10.9. The minimum atomic E-state index is -0.208. The second-order valence-corrected chi connectivity index (χ2v) is 3.76. The fourth-order valence-corrected chi connectivity index (χ4v) is 1.29. The van der Waals surface area contributed by atoms with E-state index in [1.54, 1.807) is 7.05 Å². The van der Waals surface area contributed by atoms with Gasteiger partial charge in [0, 0.05) is 26.8 Å². The van der Waals surface area contributed by atoms with Crippen LogP contribution in [0.4, 0.5) is 5.82 Å². The number of nitrogens with one attached hydrogen (secondary N) is 2. The molecule has 18 heavy (non-hydrogen) atoms. The highest BCUT2D eigenvalue weighted by Crippen LogP contribution is 1.99. The van der Waals surface area contributed by atoms with Crippen LogP contribution >= 0.6 is 0 Å². The molecule has 1 aromatic rings. The molecule has 1 amide bonds. The van der Waals surface area contributed by atoms with E-state index in [-0.39, 0.29) is 5.91 Å². The van der Waals surface area contributed by atoms with Gasteiger partial charge in [-0.3, -0.25) is 4.79 Å². The van der Waals surface area contributed by atoms with Crippen molar-refractivity contribution in [3.05, 3.63) is 18.1 Å². The van der Waals surface area contributed by atoms with Gasteiger partial charge in [-0.2, -0.15) is 0 Å². The van der Waals surface area contributed by atoms with Gasteiger partial charge in [-0.15, -0.1) is 0 Å². The van der Waals surface area contributed by atoms with Crippen LogP contribution in [0, 0.1) is 0 Å². The average molecular weight is 252 g/mol. The molecule has 0 unspecified atom stereocenters. The molecule has 0 atom stereocenters. The number of anilines is 1. The number of carbonyl (C=O) groups is 1. The van der Waals surface area contributed by atoms with E-state index in [0.717, 1.165) is 19.4 Å². The third kappa shape index (κ3) is 5.09. The largest absolute Gasteiger partial charge is 0.381 e. The van der Waals surface area contributed by atoms with Crippen molar-refractivity contribution in [2.24, 2.45) is 0 Å². The van der Waals surface area contributed by atoms with Crippen LogP contribution in [0.2, 0.25) is 0 Å². The molecule has 1 heterocycles. The smallest absolute Gasteiger partial charge is 0.271 e. The summed E-state index contributed by atoms with van der Waals surface area (Å²) < 4.78 is 5.31. The van der Waals surface area contributed by atoms with E-state index in [1.807, 2.05) is 0 Å². The van der Waals surface area contributed by atoms with Gasteiger partial charge in [0.05, 0.1) is 12.4 Å². The van der Waals surface area contributed by atoms with Gasteiger partial charge in [-0.05, 0) is 12.8 Å². The first-order valence-corrected chi connectivity index (χ1v) is 6.13. The third-order valence-electron chi connectivity index (χ3n) is 2.24. The Morgan fingerprint density at radius 2 is 2.17 bits per heavy atom. The summed E-state index contributed by atoms with van der Waals surface area (Å²) in [6.07, 6.45) is 4.79. The van der Waals surface area contributed by atoms with Crippen LogP contribution in [0.3, 0.4) is 0 Å². The number of hydrogen-bond acceptors (Lipinski definition) is 5. The van der Waals surface area contributed by atoms with Gasteiger partial charge in [0.15, 0.2) is 0 Å². The molecule has 0 saturated carbocycles. The second-order valence-electron chi connectivity index (χ2n) is 3.76. The van der Waals surface area contributed by atoms with Crippen LogP contribution in [0.15, 0.2) is 12.4 Å². The van der Waals surface area contributed by atoms with Gasteiger partial charge in [-0.1, -0.05) is 6.92 Å². The Kier molecular flexibility index (Phi) is 6.71. The highest BCUT2D eigenvalue weighted by Gasteiger charge is 2.06. The molecule has 0 fully saturated rings. The maximum atomic E-state index is 11.7. The zero-order chi connectivity index (χ0) is 13.2. The fraction of sp³-hybridized carbons (Fsp3) is 0.583. The lowest BCUT2D eigenvalue weighted by Crippen LogP contribution is -2.26. The minimum Gasteiger partial charge on any atom is -0.381 e. The lowest BCUT2D eigenvalue weighted by Gasteiger charge is -2.05. The summed E-state index contributed by atoms with van der Waals surface area (Å²) in [5.41, 5.74) is 0.323. The van der Waals surface area contributed by atoms with Crippen LogP contribution in [-0.4, -0.2) is 42.7 Å². The molecule has 0 aromatic carbocycles. The zero-order valence-corrected chi connectivity index (χ0v) is 10.9. The lowest BCUT2D eigenvalue weighted by atomic mass is 10.4. The molecule has 0 aliphatic heterocycles. The third-order valence-corrected chi connectivity index (χ3v) is 2.24. The molecule has 100 valence electrons. The number of carbonyl (C=O) groups excluding carboxylic acids is 1. The maximum Gasteiger partial charge on any atom is 0.271 e. The number of aromatic nitrogens is 2. The van der Waals surface area contributed by atoms with Crippen LogP contribution in [0.1, 0.15) is 30.3 Å². The Balaban J connectivity index is 2.23. The molecule has 0 aliphatic carbocycles. The Morgan fingerprint density at radius 3 is 2.78 bits per heavy atom. The summed E-state index contributed by atoms with van der Waals surface area (Å²) >= 11 is 0. The van der Waals surface area contributed by atoms with Crippen molar-refractivity contribution < 1.29 is 9.53 Å². The summed E-state index contributed by atoms with van der Waals surface area (Å²) in [6.45, 7) is 4.08. The molecule has 0 saturated heterocycles. The Morgan fingerprint density at radius 1 is 1.33 bits per heavy atom. The van der Waals surface area contributed by atoms with Crippen molar-refractivity contribution in [1.29, 1.82) is 0 Å². The summed E-state index contributed by atoms with van der Waals surface area (Å²) in [5, 5.41) is 5.61. The van der Waals surface area contributed by atoms with Gasteiger partial charge < -0.3 is 15.4 Å². The van der Waals surface area contributed by atoms with Crippen LogP contribution in [0.25, 0.3) is 0 Å². The molecule has 2 N–H and O–H groups in total. The number of amides is 1. The first-order valence-electron chi connectivity index (χ1n) is 6.13. The van der Waals surface area contributed by atoms with Crippen molar-refractivity contribution in [2.75, 3.05) is 32.1 Å². The molecule has 0 radical (unpaired) electrons. The maximum absolute atomic E-state index is 11.7. The van der Waals surface area contributed by atoms with Crippen molar-refractivity contribution in [3.8, 4) is 0 Å². The number of ether oxygens (including phenoxy) is 1. The quantitative estimate of drug-likeness (QED) is 0.677. The van der Waals surface area contributed by atoms with E-state index in [2.05, 4.69) is 27.5 Å². The molecule has 0 bridgehead atoms. The van der Waals surface area contributed by atoms with Gasteiger partial charge in [0.1, 0.15) is 11.5 Å². The molecule has 0 spiro atoms. The van der Waals surface area contributed by atoms with Crippen molar-refractivity contribution >= 4 is 11.7 Å². The van der Waals surface area contributed by atoms with E-state index in [1.165, 1.54) is 12.4 Å². The monoisotopic (exact) mass is 252 g/mol. The van der Waals surface area contributed by atoms with Gasteiger partial charge >= 0.3 is 0 Å². The molecule has 6 nitrogen and oxygen atoms in total. The van der Waals surface area contributed by atoms with Crippen molar-refractivity contribution in [3.63, 3.8) is 0 Å². The average Bonchev–Trinajstić information content (AvgIpc) is 2.42. The van der Waals surface area contributed by atoms with E-state index < -0.39 is 0 Å². The highest BCUT2D eigenvalue weighted by molar-refractivity contribution is 5.91. The summed E-state index contributed by atoms with van der Waals surface area (Å²) in [5.74, 6) is 0.431. The fourth-order valence-electron chi connectivity index (χ4n) is 1.29. The van der Waals surface area contributed by atoms with Crippen molar-refractivity contribution in [1.82, 2.24) is 15.3 Å². The number of rotatable bonds is 8. The van der Waals surface area contributed by atoms with Gasteiger partial charge in [0.25, 0.3) is 5.91 Å². The molecule has 0 aliphatic rings. The van der Waals surface area contributed by atoms with Crippen LogP contribution < -0.4 is 10.6 Å². The Labute approximate surface area is 107 Å².